The SMILES string of the molecule is CC=C(C)C(=O)OC1CC2C(O)C3C(=O)CC(CO)OC3C3C2OC1(C)C(CC1CCC(N)[NH2+]C1)CCC1C(N)NCCC1C3C(CO)C1CCCC(O)C1. The van der Waals surface area contributed by atoms with Gasteiger partial charge >= 0.3 is 5.97 Å². The maximum absolute atomic E-state index is 14.2. The predicted octanol–water partition coefficient (Wildman–Crippen LogP) is 0.699. The topological polar surface area (TPSA) is 223 Å². The zero-order valence-corrected chi connectivity index (χ0v) is 33.3. The molecule has 0 spiro atoms. The van der Waals surface area contributed by atoms with Crippen molar-refractivity contribution in [3.05, 3.63) is 11.6 Å². The molecule has 0 aromatic heterocycles. The number of esters is 1. The standard InChI is InChI=1S/C42H70N4O9/c1-4-21(2)41(52)54-32-17-29-37(51)35-31(50)16-26(19-47)53-39(35)36-34(30(20-48)23-6-5-7-25(49)15-23)27-12-13-45-40(44)28(27)10-9-24(42(32,3)55-38(29)36)14-22-8-11-33(43)46-18-22/h4,22-30,32-40,45-49,51H,5-20,43-44H2,1-3H3/p+1. The van der Waals surface area contributed by atoms with Gasteiger partial charge in [-0.15, -0.1) is 0 Å². The Morgan fingerprint density at radius 3 is 2.55 bits per heavy atom. The highest BCUT2D eigenvalue weighted by Crippen LogP contribution is 2.59. The average molecular weight is 776 g/mol. The number of nitrogens with two attached hydrogens (primary N) is 3. The van der Waals surface area contributed by atoms with Crippen LogP contribution in [0.25, 0.3) is 0 Å². The molecule has 7 fully saturated rings. The van der Waals surface area contributed by atoms with Crippen molar-refractivity contribution in [3.8, 4) is 0 Å². The Morgan fingerprint density at radius 1 is 1.05 bits per heavy atom. The lowest BCUT2D eigenvalue weighted by Gasteiger charge is -2.63. The molecule has 5 aliphatic heterocycles. The van der Waals surface area contributed by atoms with E-state index in [2.05, 4.69) is 17.6 Å². The van der Waals surface area contributed by atoms with Crippen LogP contribution in [-0.2, 0) is 23.8 Å². The first-order valence-corrected chi connectivity index (χ1v) is 21.7. The molecule has 13 heteroatoms. The smallest absolute Gasteiger partial charge is 0.333 e. The number of fused-ring (bicyclic) bond motifs is 4. The third-order valence-corrected chi connectivity index (χ3v) is 16.0. The molecule has 7 rings (SSSR count). The van der Waals surface area contributed by atoms with Crippen LogP contribution in [0.5, 0.6) is 0 Å². The lowest BCUT2D eigenvalue weighted by molar-refractivity contribution is -0.703. The number of ether oxygens (including phenoxy) is 3. The van der Waals surface area contributed by atoms with Gasteiger partial charge in [-0.2, -0.15) is 0 Å². The van der Waals surface area contributed by atoms with Gasteiger partial charge in [0, 0.05) is 42.8 Å². The number of Topliss-reactive ketones (excluding diaryl/α,β-unsaturated/α-hetero) is 1. The summed E-state index contributed by atoms with van der Waals surface area (Å²) in [7, 11) is 0. The van der Waals surface area contributed by atoms with Crippen molar-refractivity contribution in [1.29, 1.82) is 0 Å². The molecule has 5 saturated heterocycles. The van der Waals surface area contributed by atoms with Crippen LogP contribution in [0.3, 0.4) is 0 Å². The van der Waals surface area contributed by atoms with E-state index in [1.807, 2.05) is 6.92 Å². The lowest BCUT2D eigenvalue weighted by atomic mass is 9.51. The van der Waals surface area contributed by atoms with E-state index in [0.717, 1.165) is 64.3 Å². The lowest BCUT2D eigenvalue weighted by Crippen LogP contribution is -2.95. The number of hydrogen-bond donors (Lipinski definition) is 8. The van der Waals surface area contributed by atoms with E-state index in [9.17, 15) is 30.0 Å². The molecule has 312 valence electrons. The molecule has 2 aliphatic carbocycles. The van der Waals surface area contributed by atoms with Crippen molar-refractivity contribution in [2.75, 3.05) is 26.3 Å². The van der Waals surface area contributed by atoms with E-state index in [0.29, 0.717) is 30.9 Å². The normalized spacial score (nSPS) is 48.6. The summed E-state index contributed by atoms with van der Waals surface area (Å²) in [6.45, 7) is 6.86. The van der Waals surface area contributed by atoms with E-state index >= 15 is 0 Å². The van der Waals surface area contributed by atoms with Gasteiger partial charge in [0.1, 0.15) is 23.7 Å². The number of carbonyl (C=O) groups excluding carboxylic acids is 2. The Labute approximate surface area is 327 Å². The molecular weight excluding hydrogens is 704 g/mol. The van der Waals surface area contributed by atoms with Crippen molar-refractivity contribution in [2.45, 2.75) is 152 Å². The van der Waals surface area contributed by atoms with Gasteiger partial charge in [0.15, 0.2) is 0 Å². The molecule has 2 saturated carbocycles. The molecule has 19 unspecified atom stereocenters. The average Bonchev–Trinajstić information content (AvgIpc) is 3.16. The fraction of sp³-hybridized carbons (Fsp3) is 0.905. The van der Waals surface area contributed by atoms with E-state index < -0.39 is 65.9 Å². The summed E-state index contributed by atoms with van der Waals surface area (Å²) in [4.78, 5) is 27.9. The molecule has 2 bridgehead atoms. The predicted molar refractivity (Wildman–Crippen MR) is 203 cm³/mol. The molecule has 0 amide bonds. The Hall–Kier alpha value is -1.52. The molecule has 0 radical (unpaired) electrons. The second-order valence-corrected chi connectivity index (χ2v) is 18.9. The molecular formula is C42H71N4O9+. The fourth-order valence-electron chi connectivity index (χ4n) is 12.9. The third kappa shape index (κ3) is 8.10. The van der Waals surface area contributed by atoms with Gasteiger partial charge in [0.2, 0.25) is 0 Å². The number of allylic oxidation sites excluding steroid dienone is 1. The first-order chi connectivity index (χ1) is 26.4. The molecule has 55 heavy (non-hydrogen) atoms. The molecule has 0 aromatic rings. The van der Waals surface area contributed by atoms with E-state index in [1.54, 1.807) is 13.0 Å². The summed E-state index contributed by atoms with van der Waals surface area (Å²) >= 11 is 0. The second-order valence-electron chi connectivity index (χ2n) is 18.9. The number of hydrogen-bond acceptors (Lipinski definition) is 12. The van der Waals surface area contributed by atoms with Crippen LogP contribution >= 0.6 is 0 Å². The Morgan fingerprint density at radius 2 is 1.85 bits per heavy atom. The van der Waals surface area contributed by atoms with Gasteiger partial charge in [-0.05, 0) is 121 Å². The summed E-state index contributed by atoms with van der Waals surface area (Å²) in [5, 5.41) is 51.2. The number of piperidine rings is 2. The minimum Gasteiger partial charge on any atom is -0.456 e. The van der Waals surface area contributed by atoms with Crippen LogP contribution in [0.15, 0.2) is 11.6 Å². The first-order valence-electron chi connectivity index (χ1n) is 21.7. The number of quaternary nitrogens is 1. The van der Waals surface area contributed by atoms with Gasteiger partial charge in [-0.1, -0.05) is 12.5 Å². The number of carbonyl (C=O) groups is 2. The summed E-state index contributed by atoms with van der Waals surface area (Å²) in [5.74, 6) is -2.35. The van der Waals surface area contributed by atoms with Crippen LogP contribution in [0.2, 0.25) is 0 Å². The highest BCUT2D eigenvalue weighted by molar-refractivity contribution is 5.87. The van der Waals surface area contributed by atoms with E-state index in [4.69, 9.17) is 25.7 Å². The number of nitrogens with one attached hydrogen (secondary N) is 1. The number of ketones is 1. The third-order valence-electron chi connectivity index (χ3n) is 16.0. The number of aliphatic hydroxyl groups is 4. The van der Waals surface area contributed by atoms with Crippen LogP contribution < -0.4 is 22.1 Å². The minimum atomic E-state index is -1.11. The quantitative estimate of drug-likeness (QED) is 0.126. The van der Waals surface area contributed by atoms with Crippen molar-refractivity contribution in [3.63, 3.8) is 0 Å². The van der Waals surface area contributed by atoms with Crippen LogP contribution in [0.1, 0.15) is 97.8 Å². The summed E-state index contributed by atoms with van der Waals surface area (Å²) in [5.41, 5.74) is 12.9. The van der Waals surface area contributed by atoms with Gasteiger partial charge in [0.05, 0.1) is 55.8 Å². The van der Waals surface area contributed by atoms with Gasteiger partial charge in [-0.25, -0.2) is 4.79 Å². The monoisotopic (exact) mass is 776 g/mol. The fourth-order valence-corrected chi connectivity index (χ4v) is 12.9. The van der Waals surface area contributed by atoms with Crippen LogP contribution in [-0.4, -0.2) is 113 Å². The molecule has 0 aromatic carbocycles. The number of aliphatic hydroxyl groups excluding tert-OH is 4. The Balaban J connectivity index is 1.39. The molecule has 13 nitrogen and oxygen atoms in total. The second kappa shape index (κ2) is 17.4. The molecule has 7 aliphatic rings. The minimum absolute atomic E-state index is 0.00417. The van der Waals surface area contributed by atoms with Crippen molar-refractivity contribution in [2.24, 2.45) is 70.6 Å². The van der Waals surface area contributed by atoms with Crippen LogP contribution in [0.4, 0.5) is 0 Å². The first kappa shape index (κ1) is 41.6. The highest BCUT2D eigenvalue weighted by atomic mass is 16.6. The Kier molecular flexibility index (Phi) is 13.1. The van der Waals surface area contributed by atoms with E-state index in [-0.39, 0.29) is 73.3 Å². The van der Waals surface area contributed by atoms with Gasteiger partial charge < -0.3 is 51.0 Å². The highest BCUT2D eigenvalue weighted by Gasteiger charge is 2.66. The summed E-state index contributed by atoms with van der Waals surface area (Å²) in [6, 6.07) is 0. The maximum atomic E-state index is 14.2. The Bertz CT molecular complexity index is 1380. The largest absolute Gasteiger partial charge is 0.456 e. The van der Waals surface area contributed by atoms with Crippen molar-refractivity contribution < 1.29 is 49.5 Å². The van der Waals surface area contributed by atoms with E-state index in [1.165, 1.54) is 0 Å². The zero-order valence-electron chi connectivity index (χ0n) is 33.3. The van der Waals surface area contributed by atoms with Crippen molar-refractivity contribution in [1.82, 2.24) is 5.32 Å². The van der Waals surface area contributed by atoms with Gasteiger partial charge in [-0.3, -0.25) is 10.5 Å². The molecule has 19 atom stereocenters. The summed E-state index contributed by atoms with van der Waals surface area (Å²) < 4.78 is 20.9. The van der Waals surface area contributed by atoms with Crippen molar-refractivity contribution >= 4 is 11.8 Å². The maximum Gasteiger partial charge on any atom is 0.333 e. The molecule has 11 N–H and O–H groups in total. The zero-order chi connectivity index (χ0) is 39.2. The summed E-state index contributed by atoms with van der Waals surface area (Å²) in [6.07, 6.45) is 5.83. The number of rotatable bonds is 8. The molecule has 5 heterocycles. The van der Waals surface area contributed by atoms with Gasteiger partial charge in [0.25, 0.3) is 0 Å². The van der Waals surface area contributed by atoms with Crippen LogP contribution in [0, 0.1) is 59.2 Å².